The molecule has 0 saturated carbocycles. The molecule has 8 heteroatoms. The number of alkyl halides is 3. The van der Waals surface area contributed by atoms with Gasteiger partial charge in [-0.05, 0) is 24.3 Å². The van der Waals surface area contributed by atoms with Crippen molar-refractivity contribution in [1.82, 2.24) is 14.6 Å². The fourth-order valence-corrected chi connectivity index (χ4v) is 1.94. The summed E-state index contributed by atoms with van der Waals surface area (Å²) in [7, 11) is 0. The Morgan fingerprint density at radius 3 is 2.71 bits per heavy atom. The molecule has 0 radical (unpaired) electrons. The molecule has 0 aliphatic carbocycles. The van der Waals surface area contributed by atoms with E-state index in [-0.39, 0.29) is 11.6 Å². The van der Waals surface area contributed by atoms with E-state index in [9.17, 15) is 13.2 Å². The molecule has 0 atom stereocenters. The summed E-state index contributed by atoms with van der Waals surface area (Å²) in [5.41, 5.74) is 7.16. The summed E-state index contributed by atoms with van der Waals surface area (Å²) in [4.78, 5) is 4.12. The quantitative estimate of drug-likeness (QED) is 0.789. The lowest BCUT2D eigenvalue weighted by Crippen LogP contribution is -2.17. The molecular weight excluding hydrogens is 285 g/mol. The van der Waals surface area contributed by atoms with Gasteiger partial charge in [0.25, 0.3) is 0 Å². The number of rotatable bonds is 2. The van der Waals surface area contributed by atoms with E-state index in [4.69, 9.17) is 5.73 Å². The lowest BCUT2D eigenvalue weighted by molar-refractivity contribution is -0.274. The van der Waals surface area contributed by atoms with E-state index in [1.165, 1.54) is 28.9 Å². The second-order valence-corrected chi connectivity index (χ2v) is 4.25. The molecule has 3 rings (SSSR count). The summed E-state index contributed by atoms with van der Waals surface area (Å²) < 4.78 is 42.1. The summed E-state index contributed by atoms with van der Waals surface area (Å²) in [6.45, 7) is 0. The molecule has 0 amide bonds. The molecule has 108 valence electrons. The average molecular weight is 294 g/mol. The third-order valence-corrected chi connectivity index (χ3v) is 2.75. The number of aromatic nitrogens is 3. The maximum atomic E-state index is 12.3. The minimum absolute atomic E-state index is 0.282. The van der Waals surface area contributed by atoms with E-state index in [1.54, 1.807) is 18.2 Å². The van der Waals surface area contributed by atoms with Crippen molar-refractivity contribution in [2.45, 2.75) is 6.36 Å². The molecule has 0 saturated heterocycles. The Hall–Kier alpha value is -2.77. The predicted molar refractivity (Wildman–Crippen MR) is 69.5 cm³/mol. The molecule has 0 spiro atoms. The Labute approximate surface area is 116 Å². The van der Waals surface area contributed by atoms with Gasteiger partial charge in [0, 0.05) is 5.56 Å². The van der Waals surface area contributed by atoms with Gasteiger partial charge in [0.05, 0.1) is 11.9 Å². The molecule has 0 fully saturated rings. The van der Waals surface area contributed by atoms with Crippen LogP contribution in [0.2, 0.25) is 0 Å². The zero-order valence-corrected chi connectivity index (χ0v) is 10.5. The molecule has 1 aromatic carbocycles. The summed E-state index contributed by atoms with van der Waals surface area (Å²) in [6.07, 6.45) is -3.23. The topological polar surface area (TPSA) is 65.4 Å². The minimum Gasteiger partial charge on any atom is -0.406 e. The van der Waals surface area contributed by atoms with E-state index in [0.717, 1.165) is 0 Å². The molecule has 0 aliphatic rings. The van der Waals surface area contributed by atoms with Crippen LogP contribution in [-0.4, -0.2) is 21.0 Å². The van der Waals surface area contributed by atoms with Crippen molar-refractivity contribution in [3.05, 3.63) is 42.6 Å². The molecule has 2 aromatic heterocycles. The van der Waals surface area contributed by atoms with E-state index in [2.05, 4.69) is 14.8 Å². The predicted octanol–water partition coefficient (Wildman–Crippen LogP) is 2.88. The lowest BCUT2D eigenvalue weighted by atomic mass is 10.1. The number of nitrogen functional groups attached to an aromatic ring is 1. The maximum absolute atomic E-state index is 12.3. The molecule has 0 bridgehead atoms. The summed E-state index contributed by atoms with van der Waals surface area (Å²) in [6, 6.07) is 8.85. The normalized spacial score (nSPS) is 11.8. The fraction of sp³-hybridized carbons (Fsp3) is 0.0769. The van der Waals surface area contributed by atoms with Crippen LogP contribution < -0.4 is 10.5 Å². The Bertz CT molecular complexity index is 797. The van der Waals surface area contributed by atoms with Crippen molar-refractivity contribution in [3.63, 3.8) is 0 Å². The molecule has 0 unspecified atom stereocenters. The van der Waals surface area contributed by atoms with Gasteiger partial charge in [0.15, 0.2) is 5.65 Å². The third-order valence-electron chi connectivity index (χ3n) is 2.75. The van der Waals surface area contributed by atoms with Gasteiger partial charge >= 0.3 is 6.36 Å². The van der Waals surface area contributed by atoms with E-state index < -0.39 is 6.36 Å². The van der Waals surface area contributed by atoms with Crippen LogP contribution in [0.1, 0.15) is 0 Å². The maximum Gasteiger partial charge on any atom is 0.573 e. The number of nitrogens with zero attached hydrogens (tertiary/aromatic N) is 3. The number of benzene rings is 1. The molecule has 0 aliphatic heterocycles. The van der Waals surface area contributed by atoms with Crippen LogP contribution in [0.4, 0.5) is 19.0 Å². The monoisotopic (exact) mass is 294 g/mol. The Balaban J connectivity index is 2.06. The van der Waals surface area contributed by atoms with Crippen molar-refractivity contribution in [2.24, 2.45) is 0 Å². The van der Waals surface area contributed by atoms with Crippen LogP contribution in [0.5, 0.6) is 5.75 Å². The highest BCUT2D eigenvalue weighted by Gasteiger charge is 2.31. The molecule has 2 heterocycles. The summed E-state index contributed by atoms with van der Waals surface area (Å²) in [5, 5.41) is 4.09. The van der Waals surface area contributed by atoms with Crippen LogP contribution in [-0.2, 0) is 0 Å². The van der Waals surface area contributed by atoms with Gasteiger partial charge < -0.3 is 10.5 Å². The van der Waals surface area contributed by atoms with E-state index in [0.29, 0.717) is 16.9 Å². The summed E-state index contributed by atoms with van der Waals surface area (Å²) in [5.74, 6) is -0.0247. The lowest BCUT2D eigenvalue weighted by Gasteiger charge is -2.09. The van der Waals surface area contributed by atoms with Gasteiger partial charge in [-0.25, -0.2) is 9.50 Å². The van der Waals surface area contributed by atoms with E-state index in [1.807, 2.05) is 0 Å². The van der Waals surface area contributed by atoms with Gasteiger partial charge in [-0.1, -0.05) is 12.1 Å². The third kappa shape index (κ3) is 2.73. The number of anilines is 1. The van der Waals surface area contributed by atoms with Crippen molar-refractivity contribution >= 4 is 11.5 Å². The van der Waals surface area contributed by atoms with Crippen molar-refractivity contribution in [2.75, 3.05) is 5.73 Å². The number of halogens is 3. The number of nitrogens with two attached hydrogens (primary N) is 1. The molecule has 2 N–H and O–H groups in total. The Morgan fingerprint density at radius 1 is 1.14 bits per heavy atom. The Kier molecular flexibility index (Phi) is 2.93. The van der Waals surface area contributed by atoms with Crippen LogP contribution in [0.3, 0.4) is 0 Å². The van der Waals surface area contributed by atoms with Crippen LogP contribution in [0, 0.1) is 0 Å². The zero-order chi connectivity index (χ0) is 15.0. The average Bonchev–Trinajstić information content (AvgIpc) is 2.80. The van der Waals surface area contributed by atoms with Crippen LogP contribution in [0.15, 0.2) is 42.6 Å². The highest BCUT2D eigenvalue weighted by Crippen LogP contribution is 2.28. The first kappa shape index (κ1) is 13.2. The standard InChI is InChI=1S/C13H9F3N4O/c14-13(15,16)21-9-3-1-2-8(6-9)10-7-18-12-5-4-11(17)19-20(10)12/h1-7H,(H2,17,19). The highest BCUT2D eigenvalue weighted by molar-refractivity contribution is 5.65. The minimum atomic E-state index is -4.74. The number of fused-ring (bicyclic) bond motifs is 1. The molecular formula is C13H9F3N4O. The summed E-state index contributed by atoms with van der Waals surface area (Å²) >= 11 is 0. The number of hydrogen-bond donors (Lipinski definition) is 1. The fourth-order valence-electron chi connectivity index (χ4n) is 1.94. The number of hydrogen-bond acceptors (Lipinski definition) is 4. The van der Waals surface area contributed by atoms with Crippen molar-refractivity contribution < 1.29 is 17.9 Å². The largest absolute Gasteiger partial charge is 0.573 e. The van der Waals surface area contributed by atoms with Gasteiger partial charge in [0.1, 0.15) is 11.6 Å². The van der Waals surface area contributed by atoms with Gasteiger partial charge in [-0.3, -0.25) is 0 Å². The second kappa shape index (κ2) is 4.65. The van der Waals surface area contributed by atoms with Crippen molar-refractivity contribution in [1.29, 1.82) is 0 Å². The van der Waals surface area contributed by atoms with E-state index >= 15 is 0 Å². The molecule has 21 heavy (non-hydrogen) atoms. The second-order valence-electron chi connectivity index (χ2n) is 4.25. The number of ether oxygens (including phenoxy) is 1. The SMILES string of the molecule is Nc1ccc2ncc(-c3cccc(OC(F)(F)F)c3)n2n1. The van der Waals surface area contributed by atoms with Crippen molar-refractivity contribution in [3.8, 4) is 17.0 Å². The highest BCUT2D eigenvalue weighted by atomic mass is 19.4. The van der Waals surface area contributed by atoms with Crippen LogP contribution in [0.25, 0.3) is 16.9 Å². The number of imidazole rings is 1. The van der Waals surface area contributed by atoms with Gasteiger partial charge in [-0.15, -0.1) is 18.3 Å². The smallest absolute Gasteiger partial charge is 0.406 e. The first-order valence-corrected chi connectivity index (χ1v) is 5.89. The molecule has 5 nitrogen and oxygen atoms in total. The molecule has 3 aromatic rings. The Morgan fingerprint density at radius 2 is 1.95 bits per heavy atom. The zero-order valence-electron chi connectivity index (χ0n) is 10.5. The van der Waals surface area contributed by atoms with Gasteiger partial charge in [-0.2, -0.15) is 0 Å². The first-order chi connectivity index (χ1) is 9.92. The van der Waals surface area contributed by atoms with Crippen LogP contribution >= 0.6 is 0 Å². The first-order valence-electron chi connectivity index (χ1n) is 5.89. The van der Waals surface area contributed by atoms with Gasteiger partial charge in [0.2, 0.25) is 0 Å².